The second-order valence-corrected chi connectivity index (χ2v) is 5.52. The highest BCUT2D eigenvalue weighted by atomic mass is 16.5. The minimum atomic E-state index is 0.164. The van der Waals surface area contributed by atoms with Crippen molar-refractivity contribution >= 4 is 5.69 Å². The average Bonchev–Trinajstić information content (AvgIpc) is 2.65. The fourth-order valence-electron chi connectivity index (χ4n) is 3.03. The quantitative estimate of drug-likeness (QED) is 0.886. The largest absolute Gasteiger partial charge is 0.495 e. The zero-order chi connectivity index (χ0) is 13.2. The van der Waals surface area contributed by atoms with Gasteiger partial charge in [-0.15, -0.1) is 0 Å². The van der Waals surface area contributed by atoms with Crippen molar-refractivity contribution < 1.29 is 4.74 Å². The van der Waals surface area contributed by atoms with Crippen molar-refractivity contribution in [3.05, 3.63) is 24.3 Å². The second-order valence-electron chi connectivity index (χ2n) is 5.52. The van der Waals surface area contributed by atoms with E-state index < -0.39 is 0 Å². The molecule has 0 spiro atoms. The van der Waals surface area contributed by atoms with Crippen LogP contribution in [0.4, 0.5) is 5.69 Å². The molecule has 1 aliphatic heterocycles. The molecule has 1 aromatic rings. The fourth-order valence-corrected chi connectivity index (χ4v) is 3.03. The molecule has 1 fully saturated rings. The molecule has 0 radical (unpaired) electrons. The van der Waals surface area contributed by atoms with E-state index in [2.05, 4.69) is 36.2 Å². The molecule has 3 heteroatoms. The van der Waals surface area contributed by atoms with E-state index >= 15 is 0 Å². The first-order valence-electron chi connectivity index (χ1n) is 6.66. The number of para-hydroxylation sites is 2. The minimum Gasteiger partial charge on any atom is -0.495 e. The van der Waals surface area contributed by atoms with Crippen LogP contribution in [0.1, 0.15) is 20.3 Å². The lowest BCUT2D eigenvalue weighted by molar-refractivity contribution is 0.352. The molecule has 2 rings (SSSR count). The Hall–Kier alpha value is -1.22. The molecular weight excluding hydrogens is 224 g/mol. The van der Waals surface area contributed by atoms with Crippen LogP contribution in [-0.2, 0) is 0 Å². The molecule has 1 heterocycles. The fraction of sp³-hybridized carbons (Fsp3) is 0.600. The van der Waals surface area contributed by atoms with E-state index in [1.807, 2.05) is 19.2 Å². The Bertz CT molecular complexity index is 403. The predicted molar refractivity (Wildman–Crippen MR) is 76.5 cm³/mol. The van der Waals surface area contributed by atoms with E-state index in [1.165, 1.54) is 12.1 Å². The number of hydrogen-bond donors (Lipinski definition) is 1. The second kappa shape index (κ2) is 5.19. The molecule has 100 valence electrons. The summed E-state index contributed by atoms with van der Waals surface area (Å²) < 4.78 is 5.49. The van der Waals surface area contributed by atoms with E-state index in [9.17, 15) is 0 Å². The summed E-state index contributed by atoms with van der Waals surface area (Å²) in [6, 6.07) is 8.30. The molecule has 1 N–H and O–H groups in total. The van der Waals surface area contributed by atoms with Gasteiger partial charge in [-0.3, -0.25) is 0 Å². The van der Waals surface area contributed by atoms with Crippen molar-refractivity contribution in [3.8, 4) is 5.75 Å². The van der Waals surface area contributed by atoms with Gasteiger partial charge >= 0.3 is 0 Å². The van der Waals surface area contributed by atoms with Gasteiger partial charge in [0, 0.05) is 12.1 Å². The smallest absolute Gasteiger partial charge is 0.142 e. The maximum atomic E-state index is 5.49. The number of nitrogens with one attached hydrogen (secondary N) is 1. The van der Waals surface area contributed by atoms with Gasteiger partial charge in [0.15, 0.2) is 0 Å². The molecule has 0 bridgehead atoms. The summed E-state index contributed by atoms with van der Waals surface area (Å²) in [5.74, 6) is 1.64. The maximum absolute atomic E-state index is 5.49. The van der Waals surface area contributed by atoms with Crippen LogP contribution in [0.2, 0.25) is 0 Å². The Morgan fingerprint density at radius 3 is 2.78 bits per heavy atom. The molecule has 1 unspecified atom stereocenters. The highest BCUT2D eigenvalue weighted by Crippen LogP contribution is 2.41. The molecular formula is C15H24N2O. The first kappa shape index (κ1) is 13.2. The van der Waals surface area contributed by atoms with Gasteiger partial charge in [-0.1, -0.05) is 12.1 Å². The number of nitrogens with zero attached hydrogens (tertiary/aromatic N) is 1. The van der Waals surface area contributed by atoms with Crippen molar-refractivity contribution in [3.63, 3.8) is 0 Å². The van der Waals surface area contributed by atoms with Crippen LogP contribution < -0.4 is 15.0 Å². The van der Waals surface area contributed by atoms with E-state index in [0.29, 0.717) is 5.92 Å². The molecule has 0 amide bonds. The molecule has 1 aromatic carbocycles. The molecule has 1 saturated heterocycles. The topological polar surface area (TPSA) is 24.5 Å². The SMILES string of the molecule is CNCC1CCN(c2ccccc2OC)C1(C)C. The number of anilines is 1. The third-order valence-electron chi connectivity index (χ3n) is 4.22. The number of rotatable bonds is 4. The van der Waals surface area contributed by atoms with Gasteiger partial charge in [0.25, 0.3) is 0 Å². The van der Waals surface area contributed by atoms with Gasteiger partial charge in [-0.05, 0) is 51.9 Å². The number of ether oxygens (including phenoxy) is 1. The molecule has 18 heavy (non-hydrogen) atoms. The van der Waals surface area contributed by atoms with Crippen molar-refractivity contribution in [2.75, 3.05) is 32.1 Å². The normalized spacial score (nSPS) is 22.2. The van der Waals surface area contributed by atoms with Crippen LogP contribution in [0.25, 0.3) is 0 Å². The van der Waals surface area contributed by atoms with Gasteiger partial charge in [0.05, 0.1) is 12.8 Å². The summed E-state index contributed by atoms with van der Waals surface area (Å²) in [4.78, 5) is 2.48. The molecule has 0 aliphatic carbocycles. The average molecular weight is 248 g/mol. The summed E-state index contributed by atoms with van der Waals surface area (Å²) in [6.45, 7) is 6.82. The van der Waals surface area contributed by atoms with Gasteiger partial charge < -0.3 is 15.0 Å². The maximum Gasteiger partial charge on any atom is 0.142 e. The summed E-state index contributed by atoms with van der Waals surface area (Å²) in [5, 5.41) is 3.31. The van der Waals surface area contributed by atoms with Gasteiger partial charge in [-0.25, -0.2) is 0 Å². The number of methoxy groups -OCH3 is 1. The summed E-state index contributed by atoms with van der Waals surface area (Å²) in [7, 11) is 3.77. The van der Waals surface area contributed by atoms with Crippen molar-refractivity contribution in [1.82, 2.24) is 5.32 Å². The molecule has 0 saturated carbocycles. The standard InChI is InChI=1S/C15H24N2O/c1-15(2)12(11-16-3)9-10-17(15)13-7-5-6-8-14(13)18-4/h5-8,12,16H,9-11H2,1-4H3. The Balaban J connectivity index is 2.29. The Labute approximate surface area is 110 Å². The molecule has 1 atom stereocenters. The molecule has 1 aliphatic rings. The lowest BCUT2D eigenvalue weighted by atomic mass is 9.88. The Kier molecular flexibility index (Phi) is 3.81. The Morgan fingerprint density at radius 2 is 2.11 bits per heavy atom. The van der Waals surface area contributed by atoms with Crippen LogP contribution in [-0.4, -0.2) is 32.8 Å². The van der Waals surface area contributed by atoms with E-state index in [0.717, 1.165) is 18.8 Å². The number of benzene rings is 1. The molecule has 0 aromatic heterocycles. The van der Waals surface area contributed by atoms with Crippen molar-refractivity contribution in [2.24, 2.45) is 5.92 Å². The van der Waals surface area contributed by atoms with Crippen LogP contribution >= 0.6 is 0 Å². The van der Waals surface area contributed by atoms with Crippen LogP contribution in [0.15, 0.2) is 24.3 Å². The summed E-state index contributed by atoms with van der Waals surface area (Å²) in [6.07, 6.45) is 1.23. The summed E-state index contributed by atoms with van der Waals surface area (Å²) in [5.41, 5.74) is 1.38. The van der Waals surface area contributed by atoms with Crippen LogP contribution in [0, 0.1) is 5.92 Å². The van der Waals surface area contributed by atoms with Gasteiger partial charge in [0.2, 0.25) is 0 Å². The first-order chi connectivity index (χ1) is 8.61. The summed E-state index contributed by atoms with van der Waals surface area (Å²) >= 11 is 0. The van der Waals surface area contributed by atoms with Gasteiger partial charge in [-0.2, -0.15) is 0 Å². The third kappa shape index (κ3) is 2.19. The van der Waals surface area contributed by atoms with E-state index in [1.54, 1.807) is 7.11 Å². The zero-order valence-electron chi connectivity index (χ0n) is 11.9. The lowest BCUT2D eigenvalue weighted by Crippen LogP contribution is -2.45. The van der Waals surface area contributed by atoms with E-state index in [-0.39, 0.29) is 5.54 Å². The highest BCUT2D eigenvalue weighted by molar-refractivity contribution is 5.61. The van der Waals surface area contributed by atoms with Crippen molar-refractivity contribution in [1.29, 1.82) is 0 Å². The predicted octanol–water partition coefficient (Wildman–Crippen LogP) is 2.52. The Morgan fingerprint density at radius 1 is 1.39 bits per heavy atom. The monoisotopic (exact) mass is 248 g/mol. The van der Waals surface area contributed by atoms with Crippen molar-refractivity contribution in [2.45, 2.75) is 25.8 Å². The van der Waals surface area contributed by atoms with Crippen LogP contribution in [0.3, 0.4) is 0 Å². The first-order valence-corrected chi connectivity index (χ1v) is 6.66. The van der Waals surface area contributed by atoms with Gasteiger partial charge in [0.1, 0.15) is 5.75 Å². The van der Waals surface area contributed by atoms with E-state index in [4.69, 9.17) is 4.74 Å². The third-order valence-corrected chi connectivity index (χ3v) is 4.22. The zero-order valence-corrected chi connectivity index (χ0v) is 11.9. The number of hydrogen-bond acceptors (Lipinski definition) is 3. The van der Waals surface area contributed by atoms with Crippen LogP contribution in [0.5, 0.6) is 5.75 Å². The minimum absolute atomic E-state index is 0.164. The molecule has 3 nitrogen and oxygen atoms in total. The highest BCUT2D eigenvalue weighted by Gasteiger charge is 2.41. The lowest BCUT2D eigenvalue weighted by Gasteiger charge is -2.38.